The third-order valence-corrected chi connectivity index (χ3v) is 6.82. The predicted octanol–water partition coefficient (Wildman–Crippen LogP) is 0.103. The van der Waals surface area contributed by atoms with Crippen molar-refractivity contribution in [3.63, 3.8) is 0 Å². The maximum Gasteiger partial charge on any atom is 0.353 e. The Morgan fingerprint density at radius 1 is 1.41 bits per heavy atom. The minimum absolute atomic E-state index is 0.0165. The molecule has 10 nitrogen and oxygen atoms in total. The maximum absolute atomic E-state index is 12.4. The highest BCUT2D eigenvalue weighted by Crippen LogP contribution is 2.51. The van der Waals surface area contributed by atoms with Crippen molar-refractivity contribution in [2.75, 3.05) is 18.4 Å². The number of rotatable bonds is 5. The summed E-state index contributed by atoms with van der Waals surface area (Å²) in [6.07, 6.45) is 2.45. The zero-order valence-electron chi connectivity index (χ0n) is 15.9. The number of fused-ring (bicyclic) bond motifs is 1. The van der Waals surface area contributed by atoms with Crippen LogP contribution in [0.1, 0.15) is 13.8 Å². The Labute approximate surface area is 171 Å². The van der Waals surface area contributed by atoms with E-state index in [1.54, 1.807) is 25.4 Å². The van der Waals surface area contributed by atoms with E-state index < -0.39 is 18.0 Å². The molecule has 4 rings (SSSR count). The molecule has 4 heterocycles. The third-order valence-electron chi connectivity index (χ3n) is 5.35. The number of aromatic nitrogens is 2. The second-order valence-electron chi connectivity index (χ2n) is 7.28. The molecular weight excluding hydrogens is 396 g/mol. The van der Waals surface area contributed by atoms with Gasteiger partial charge < -0.3 is 20.4 Å². The molecule has 3 aliphatic heterocycles. The Morgan fingerprint density at radius 2 is 2.14 bits per heavy atom. The number of carboxylic acids is 1. The Bertz CT molecular complexity index is 890. The summed E-state index contributed by atoms with van der Waals surface area (Å²) in [5.41, 5.74) is 0.0417. The molecule has 1 fully saturated rings. The lowest BCUT2D eigenvalue weighted by molar-refractivity contribution is -0.163. The first-order valence-corrected chi connectivity index (χ1v) is 10.2. The highest BCUT2D eigenvalue weighted by atomic mass is 32.2. The van der Waals surface area contributed by atoms with Gasteiger partial charge in [-0.25, -0.2) is 14.8 Å². The minimum atomic E-state index is -1.12. The number of hydrogen-bond acceptors (Lipinski definition) is 9. The highest BCUT2D eigenvalue weighted by molar-refractivity contribution is 8.03. The van der Waals surface area contributed by atoms with Crippen molar-refractivity contribution in [3.8, 4) is 0 Å². The number of hydrogen-bond donors (Lipinski definition) is 4. The van der Waals surface area contributed by atoms with Crippen LogP contribution in [-0.4, -0.2) is 73.4 Å². The number of carbonyl (C=O) groups is 2. The first kappa shape index (κ1) is 19.6. The fourth-order valence-corrected chi connectivity index (χ4v) is 5.34. The van der Waals surface area contributed by atoms with Gasteiger partial charge in [-0.15, -0.1) is 11.8 Å². The van der Waals surface area contributed by atoms with E-state index in [-0.39, 0.29) is 28.8 Å². The van der Waals surface area contributed by atoms with Crippen LogP contribution in [0.4, 0.5) is 5.95 Å². The number of aliphatic carboxylic acids is 1. The largest absolute Gasteiger partial charge is 0.477 e. The van der Waals surface area contributed by atoms with Gasteiger partial charge in [-0.05, 0) is 13.0 Å². The van der Waals surface area contributed by atoms with Crippen LogP contribution in [0.5, 0.6) is 0 Å². The lowest BCUT2D eigenvalue weighted by Crippen LogP contribution is -2.63. The molecule has 4 N–H and O–H groups in total. The van der Waals surface area contributed by atoms with Gasteiger partial charge in [0.1, 0.15) is 5.70 Å². The van der Waals surface area contributed by atoms with Crippen LogP contribution >= 0.6 is 11.8 Å². The van der Waals surface area contributed by atoms with E-state index in [4.69, 9.17) is 0 Å². The number of β-lactam (4-membered cyclic amide) rings is 1. The van der Waals surface area contributed by atoms with Crippen LogP contribution in [0.3, 0.4) is 0 Å². The van der Waals surface area contributed by atoms with Crippen molar-refractivity contribution in [1.82, 2.24) is 20.2 Å². The molecule has 1 amide bonds. The number of nitrogens with zero attached hydrogens (tertiary/aromatic N) is 4. The molecule has 0 saturated carbocycles. The van der Waals surface area contributed by atoms with Crippen molar-refractivity contribution in [1.29, 1.82) is 0 Å². The van der Waals surface area contributed by atoms with Crippen molar-refractivity contribution in [2.45, 2.75) is 31.2 Å². The van der Waals surface area contributed by atoms with Crippen LogP contribution in [-0.2, 0) is 9.59 Å². The fourth-order valence-electron chi connectivity index (χ4n) is 4.01. The smallest absolute Gasteiger partial charge is 0.353 e. The molecule has 0 aromatic carbocycles. The molecule has 11 heteroatoms. The number of guanidine groups is 1. The SMILES string of the molecule is C[C@@H](O)[C@H]1C(=O)N2C(C(=O)O)=C(SC3CN=C(Nc4ncccn4)NC3)[C@H](C)[C@H]12. The van der Waals surface area contributed by atoms with Crippen LogP contribution in [0.2, 0.25) is 0 Å². The average Bonchev–Trinajstić information content (AvgIpc) is 2.93. The normalized spacial score (nSPS) is 29.6. The number of anilines is 1. The molecule has 154 valence electrons. The number of nitrogens with one attached hydrogen (secondary N) is 2. The van der Waals surface area contributed by atoms with E-state index in [0.717, 1.165) is 0 Å². The minimum Gasteiger partial charge on any atom is -0.477 e. The van der Waals surface area contributed by atoms with E-state index in [9.17, 15) is 19.8 Å². The molecule has 0 spiro atoms. The lowest BCUT2D eigenvalue weighted by Gasteiger charge is -2.46. The topological polar surface area (TPSA) is 140 Å². The first-order chi connectivity index (χ1) is 13.9. The number of thioether (sulfide) groups is 1. The van der Waals surface area contributed by atoms with Gasteiger partial charge in [-0.3, -0.25) is 15.1 Å². The van der Waals surface area contributed by atoms with Crippen molar-refractivity contribution >= 4 is 35.5 Å². The molecule has 0 bridgehead atoms. The summed E-state index contributed by atoms with van der Waals surface area (Å²) in [6, 6.07) is 1.42. The van der Waals surface area contributed by atoms with E-state index >= 15 is 0 Å². The molecule has 1 saturated heterocycles. The second kappa shape index (κ2) is 7.64. The van der Waals surface area contributed by atoms with Crippen LogP contribution in [0.15, 0.2) is 34.1 Å². The quantitative estimate of drug-likeness (QED) is 0.490. The summed E-state index contributed by atoms with van der Waals surface area (Å²) in [5.74, 6) is -1.13. The Kier molecular flexibility index (Phi) is 5.17. The van der Waals surface area contributed by atoms with Crippen molar-refractivity contribution in [2.24, 2.45) is 16.8 Å². The number of aliphatic hydroxyl groups is 1. The molecule has 0 aliphatic carbocycles. The van der Waals surface area contributed by atoms with Crippen molar-refractivity contribution in [3.05, 3.63) is 29.1 Å². The Balaban J connectivity index is 1.46. The molecule has 1 unspecified atom stereocenters. The van der Waals surface area contributed by atoms with Gasteiger partial charge in [-0.1, -0.05) is 6.92 Å². The molecule has 0 radical (unpaired) electrons. The standard InChI is InChI=1S/C18H22N6O4S/c1-8-12-11(9(2)25)15(26)24(12)13(16(27)28)14(8)29-10-6-21-18(22-7-10)23-17-19-4-3-5-20-17/h3-5,8-12,25H,6-7H2,1-2H3,(H,27,28)(H2,19,20,21,22,23)/t8-,9-,11-,12-/m1/s1. The van der Waals surface area contributed by atoms with E-state index in [1.165, 1.54) is 16.7 Å². The average molecular weight is 418 g/mol. The summed E-state index contributed by atoms with van der Waals surface area (Å²) in [7, 11) is 0. The summed E-state index contributed by atoms with van der Waals surface area (Å²) < 4.78 is 0. The highest BCUT2D eigenvalue weighted by Gasteiger charge is 2.60. The number of carboxylic acid groups (broad SMARTS) is 1. The summed E-state index contributed by atoms with van der Waals surface area (Å²) in [6.45, 7) is 4.54. The molecule has 3 aliphatic rings. The van der Waals surface area contributed by atoms with Gasteiger partial charge in [0.15, 0.2) is 5.96 Å². The van der Waals surface area contributed by atoms with E-state index in [0.29, 0.717) is 29.9 Å². The van der Waals surface area contributed by atoms with Crippen LogP contribution in [0.25, 0.3) is 0 Å². The zero-order chi connectivity index (χ0) is 20.7. The van der Waals surface area contributed by atoms with Gasteiger partial charge in [0.25, 0.3) is 0 Å². The number of aliphatic hydroxyl groups excluding tert-OH is 1. The molecule has 1 aromatic heterocycles. The monoisotopic (exact) mass is 418 g/mol. The summed E-state index contributed by atoms with van der Waals surface area (Å²) >= 11 is 1.44. The van der Waals surface area contributed by atoms with Crippen LogP contribution in [0, 0.1) is 11.8 Å². The fraction of sp³-hybridized carbons (Fsp3) is 0.500. The van der Waals surface area contributed by atoms with Gasteiger partial charge in [-0.2, -0.15) is 0 Å². The van der Waals surface area contributed by atoms with Crippen molar-refractivity contribution < 1.29 is 19.8 Å². The Morgan fingerprint density at radius 3 is 2.72 bits per heavy atom. The van der Waals surface area contributed by atoms with E-state index in [1.807, 2.05) is 6.92 Å². The number of carbonyl (C=O) groups excluding carboxylic acids is 1. The Hall–Kier alpha value is -2.66. The van der Waals surface area contributed by atoms with Gasteiger partial charge in [0, 0.05) is 35.0 Å². The second-order valence-corrected chi connectivity index (χ2v) is 8.62. The molecule has 1 aromatic rings. The van der Waals surface area contributed by atoms with Gasteiger partial charge >= 0.3 is 5.97 Å². The van der Waals surface area contributed by atoms with Gasteiger partial charge in [0.2, 0.25) is 11.9 Å². The summed E-state index contributed by atoms with van der Waals surface area (Å²) in [4.78, 5) is 38.9. The van der Waals surface area contributed by atoms with Gasteiger partial charge in [0.05, 0.1) is 24.6 Å². The summed E-state index contributed by atoms with van der Waals surface area (Å²) in [5, 5.41) is 25.8. The third kappa shape index (κ3) is 3.44. The number of aliphatic imine (C=N–C) groups is 1. The molecular formula is C18H22N6O4S. The predicted molar refractivity (Wildman–Crippen MR) is 107 cm³/mol. The first-order valence-electron chi connectivity index (χ1n) is 9.36. The molecule has 5 atom stereocenters. The zero-order valence-corrected chi connectivity index (χ0v) is 16.8. The van der Waals surface area contributed by atoms with E-state index in [2.05, 4.69) is 25.6 Å². The lowest BCUT2D eigenvalue weighted by atomic mass is 9.79. The molecule has 29 heavy (non-hydrogen) atoms. The van der Waals surface area contributed by atoms with Crippen LogP contribution < -0.4 is 10.6 Å². The number of amides is 1. The maximum atomic E-state index is 12.4.